The summed E-state index contributed by atoms with van der Waals surface area (Å²) in [5.41, 5.74) is 3.09. The molecular formula is C27H26FN5O3S. The number of rotatable bonds is 5. The summed E-state index contributed by atoms with van der Waals surface area (Å²) in [4.78, 5) is 32.8. The van der Waals surface area contributed by atoms with Gasteiger partial charge in [0, 0.05) is 37.3 Å². The van der Waals surface area contributed by atoms with Crippen molar-refractivity contribution >= 4 is 35.1 Å². The van der Waals surface area contributed by atoms with E-state index in [4.69, 9.17) is 4.74 Å². The lowest BCUT2D eigenvalue weighted by Gasteiger charge is -2.35. The lowest BCUT2D eigenvalue weighted by molar-refractivity contribution is -0.121. The maximum absolute atomic E-state index is 13.8. The summed E-state index contributed by atoms with van der Waals surface area (Å²) in [6.45, 7) is 2.75. The minimum atomic E-state index is -0.989. The minimum Gasteiger partial charge on any atom is -0.457 e. The van der Waals surface area contributed by atoms with E-state index in [1.165, 1.54) is 11.8 Å². The number of thioether (sulfide) groups is 1. The summed E-state index contributed by atoms with van der Waals surface area (Å²) < 4.78 is 19.8. The van der Waals surface area contributed by atoms with E-state index in [0.717, 1.165) is 16.9 Å². The number of anilines is 2. The van der Waals surface area contributed by atoms with Crippen LogP contribution in [0.15, 0.2) is 65.8 Å². The molecule has 1 fully saturated rings. The first-order chi connectivity index (χ1) is 18.0. The van der Waals surface area contributed by atoms with Crippen LogP contribution in [0.5, 0.6) is 11.5 Å². The number of urea groups is 1. The zero-order valence-electron chi connectivity index (χ0n) is 20.1. The zero-order valence-corrected chi connectivity index (χ0v) is 20.9. The van der Waals surface area contributed by atoms with Gasteiger partial charge < -0.3 is 20.7 Å². The molecule has 8 nitrogen and oxygen atoms in total. The fourth-order valence-corrected chi connectivity index (χ4v) is 6.35. The first kappa shape index (κ1) is 23.7. The van der Waals surface area contributed by atoms with Gasteiger partial charge >= 0.3 is 6.03 Å². The van der Waals surface area contributed by atoms with Gasteiger partial charge in [-0.25, -0.2) is 14.2 Å². The fourth-order valence-electron chi connectivity index (χ4n) is 5.11. The van der Waals surface area contributed by atoms with E-state index >= 15 is 0 Å². The second-order valence-electron chi connectivity index (χ2n) is 9.41. The van der Waals surface area contributed by atoms with Crippen LogP contribution < -0.4 is 25.6 Å². The average Bonchev–Trinajstić information content (AvgIpc) is 3.25. The summed E-state index contributed by atoms with van der Waals surface area (Å²) in [5, 5.41) is 9.11. The molecule has 4 atom stereocenters. The van der Waals surface area contributed by atoms with Gasteiger partial charge in [-0.05, 0) is 48.9 Å². The van der Waals surface area contributed by atoms with Gasteiger partial charge in [0.1, 0.15) is 27.9 Å². The number of pyridine rings is 1. The predicted octanol–water partition coefficient (Wildman–Crippen LogP) is 4.38. The Kier molecular flexibility index (Phi) is 6.21. The summed E-state index contributed by atoms with van der Waals surface area (Å²) in [6.07, 6.45) is 0.947. The van der Waals surface area contributed by atoms with Gasteiger partial charge in [-0.3, -0.25) is 9.69 Å². The molecule has 3 aromatic rings. The first-order valence-corrected chi connectivity index (χ1v) is 13.1. The molecular weight excluding hydrogens is 493 g/mol. The average molecular weight is 520 g/mol. The van der Waals surface area contributed by atoms with Crippen molar-refractivity contribution in [2.75, 3.05) is 18.0 Å². The molecule has 6 rings (SSSR count). The normalized spacial score (nSPS) is 24.3. The molecule has 0 aliphatic carbocycles. The number of hydrogen-bond donors (Lipinski definition) is 3. The highest BCUT2D eigenvalue weighted by Gasteiger charge is 2.47. The molecule has 1 aromatic heterocycles. The first-order valence-electron chi connectivity index (χ1n) is 12.2. The Labute approximate surface area is 218 Å². The molecule has 4 heterocycles. The van der Waals surface area contributed by atoms with Gasteiger partial charge in [0.05, 0.1) is 17.4 Å². The standard InChI is InChI=1S/C27H26FN5O3S/c1-15-11-19(36-18-5-3-2-4-6-18)7-8-20(15)33-21-9-10-30-26-22(21)23(32-27(33)35)24(37-26)25(34)31-17-12-16(28)13-29-14-17/h2-11,16-17,23-24,29H,12-14H2,1H3,(H,31,34)(H,32,35)/t16-,17+,23?,24?/m0/s1. The van der Waals surface area contributed by atoms with Crippen molar-refractivity contribution in [3.05, 3.63) is 71.9 Å². The van der Waals surface area contributed by atoms with Crippen molar-refractivity contribution in [1.82, 2.24) is 20.9 Å². The number of nitrogens with zero attached hydrogens (tertiary/aromatic N) is 2. The van der Waals surface area contributed by atoms with Gasteiger partial charge in [0.15, 0.2) is 0 Å². The lowest BCUT2D eigenvalue weighted by Crippen LogP contribution is -2.54. The Bertz CT molecular complexity index is 1360. The Hall–Kier alpha value is -3.63. The van der Waals surface area contributed by atoms with Gasteiger partial charge in [0.2, 0.25) is 5.91 Å². The molecule has 3 N–H and O–H groups in total. The fraction of sp³-hybridized carbons (Fsp3) is 0.296. The van der Waals surface area contributed by atoms with Crippen LogP contribution in [0.1, 0.15) is 23.6 Å². The number of amides is 3. The highest BCUT2D eigenvalue weighted by Crippen LogP contribution is 2.51. The number of aromatic nitrogens is 1. The van der Waals surface area contributed by atoms with E-state index in [-0.39, 0.29) is 24.4 Å². The van der Waals surface area contributed by atoms with E-state index in [9.17, 15) is 14.0 Å². The van der Waals surface area contributed by atoms with Gasteiger partial charge in [-0.2, -0.15) is 0 Å². The maximum Gasteiger partial charge on any atom is 0.327 e. The summed E-state index contributed by atoms with van der Waals surface area (Å²) in [7, 11) is 0. The number of ether oxygens (including phenoxy) is 1. The van der Waals surface area contributed by atoms with E-state index in [2.05, 4.69) is 20.9 Å². The number of halogens is 1. The second-order valence-corrected chi connectivity index (χ2v) is 10.5. The van der Waals surface area contributed by atoms with E-state index in [0.29, 0.717) is 35.2 Å². The number of carbonyl (C=O) groups is 2. The number of benzene rings is 2. The molecule has 10 heteroatoms. The number of para-hydroxylation sites is 1. The van der Waals surface area contributed by atoms with Gasteiger partial charge in [-0.15, -0.1) is 0 Å². The topological polar surface area (TPSA) is 95.6 Å². The van der Waals surface area contributed by atoms with Crippen LogP contribution in [-0.4, -0.2) is 47.5 Å². The third-order valence-electron chi connectivity index (χ3n) is 6.80. The van der Waals surface area contributed by atoms with E-state index in [1.54, 1.807) is 17.2 Å². The highest BCUT2D eigenvalue weighted by molar-refractivity contribution is 8.01. The van der Waals surface area contributed by atoms with Crippen LogP contribution in [0, 0.1) is 6.92 Å². The predicted molar refractivity (Wildman–Crippen MR) is 139 cm³/mol. The van der Waals surface area contributed by atoms with Crippen LogP contribution in [0.25, 0.3) is 0 Å². The minimum absolute atomic E-state index is 0.229. The molecule has 0 radical (unpaired) electrons. The molecule has 37 heavy (non-hydrogen) atoms. The van der Waals surface area contributed by atoms with Crippen LogP contribution in [0.2, 0.25) is 0 Å². The van der Waals surface area contributed by atoms with E-state index < -0.39 is 17.5 Å². The number of hydrogen-bond acceptors (Lipinski definition) is 6. The number of carbonyl (C=O) groups excluding carboxylic acids is 2. The monoisotopic (exact) mass is 519 g/mol. The Morgan fingerprint density at radius 1 is 1.14 bits per heavy atom. The molecule has 1 saturated heterocycles. The quantitative estimate of drug-likeness (QED) is 0.463. The molecule has 3 amide bonds. The Morgan fingerprint density at radius 2 is 1.97 bits per heavy atom. The van der Waals surface area contributed by atoms with Crippen LogP contribution in [0.3, 0.4) is 0 Å². The smallest absolute Gasteiger partial charge is 0.327 e. The van der Waals surface area contributed by atoms with Crippen LogP contribution in [-0.2, 0) is 4.79 Å². The number of alkyl halides is 1. The highest BCUT2D eigenvalue weighted by atomic mass is 32.2. The lowest BCUT2D eigenvalue weighted by atomic mass is 9.98. The van der Waals surface area contributed by atoms with Crippen LogP contribution in [0.4, 0.5) is 20.6 Å². The maximum atomic E-state index is 13.8. The van der Waals surface area contributed by atoms with Gasteiger partial charge in [-0.1, -0.05) is 30.0 Å². The molecule has 0 saturated carbocycles. The zero-order chi connectivity index (χ0) is 25.5. The third-order valence-corrected chi connectivity index (χ3v) is 8.08. The molecule has 3 aliphatic rings. The van der Waals surface area contributed by atoms with Crippen LogP contribution >= 0.6 is 11.8 Å². The Balaban J connectivity index is 1.26. The van der Waals surface area contributed by atoms with Crippen molar-refractivity contribution in [2.45, 2.75) is 41.9 Å². The molecule has 190 valence electrons. The molecule has 2 aromatic carbocycles. The second kappa shape index (κ2) is 9.68. The summed E-state index contributed by atoms with van der Waals surface area (Å²) in [5.74, 6) is 1.17. The van der Waals surface area contributed by atoms with Crippen molar-refractivity contribution in [2.24, 2.45) is 0 Å². The molecule has 0 bridgehead atoms. The molecule has 0 spiro atoms. The summed E-state index contributed by atoms with van der Waals surface area (Å²) in [6, 6.07) is 15.8. The van der Waals surface area contributed by atoms with Crippen molar-refractivity contribution in [3.8, 4) is 11.5 Å². The number of piperidine rings is 1. The SMILES string of the molecule is Cc1cc(Oc2ccccc2)ccc1N1C(=O)NC2c3c1ccnc3SC2C(=O)N[C@H]1CNC[C@@H](F)C1. The van der Waals surface area contributed by atoms with Crippen molar-refractivity contribution in [3.63, 3.8) is 0 Å². The van der Waals surface area contributed by atoms with E-state index in [1.807, 2.05) is 55.5 Å². The van der Waals surface area contributed by atoms with Gasteiger partial charge in [0.25, 0.3) is 0 Å². The molecule has 3 aliphatic heterocycles. The Morgan fingerprint density at radius 3 is 2.76 bits per heavy atom. The third kappa shape index (κ3) is 4.51. The van der Waals surface area contributed by atoms with Crippen molar-refractivity contribution in [1.29, 1.82) is 0 Å². The summed E-state index contributed by atoms with van der Waals surface area (Å²) >= 11 is 1.33. The number of aryl methyl sites for hydroxylation is 1. The van der Waals surface area contributed by atoms with Crippen molar-refractivity contribution < 1.29 is 18.7 Å². The molecule has 2 unspecified atom stereocenters. The number of nitrogens with one attached hydrogen (secondary N) is 3. The largest absolute Gasteiger partial charge is 0.457 e.